The quantitative estimate of drug-likeness (QED) is 0.785. The molecular weight excluding hydrogens is 260 g/mol. The molecule has 2 N–H and O–H groups in total. The molecule has 1 aliphatic carbocycles. The van der Waals surface area contributed by atoms with Crippen LogP contribution in [-0.4, -0.2) is 33.4 Å². The lowest BCUT2D eigenvalue weighted by Crippen LogP contribution is -2.32. The van der Waals surface area contributed by atoms with Gasteiger partial charge in [0.15, 0.2) is 5.16 Å². The maximum Gasteiger partial charge on any atom is 0.230 e. The number of carbonyl (C=O) groups is 1. The Balaban J connectivity index is 1.59. The van der Waals surface area contributed by atoms with Crippen LogP contribution in [0, 0.1) is 11.8 Å². The monoisotopic (exact) mass is 282 g/mol. The Morgan fingerprint density at radius 2 is 2.16 bits per heavy atom. The molecule has 1 aromatic heterocycles. The summed E-state index contributed by atoms with van der Waals surface area (Å²) in [6, 6.07) is 0. The Bertz CT molecular complexity index is 374. The lowest BCUT2D eigenvalue weighted by atomic mass is 9.81. The summed E-state index contributed by atoms with van der Waals surface area (Å²) in [5.41, 5.74) is 0. The molecule has 19 heavy (non-hydrogen) atoms. The van der Waals surface area contributed by atoms with Gasteiger partial charge >= 0.3 is 0 Å². The van der Waals surface area contributed by atoms with Gasteiger partial charge in [-0.1, -0.05) is 37.9 Å². The zero-order valence-electron chi connectivity index (χ0n) is 11.4. The van der Waals surface area contributed by atoms with E-state index in [1.807, 2.05) is 0 Å². The van der Waals surface area contributed by atoms with E-state index in [4.69, 9.17) is 0 Å². The van der Waals surface area contributed by atoms with Crippen molar-refractivity contribution in [3.05, 3.63) is 6.33 Å². The summed E-state index contributed by atoms with van der Waals surface area (Å²) >= 11 is 1.38. The summed E-state index contributed by atoms with van der Waals surface area (Å²) in [5.74, 6) is 2.06. The number of nitrogens with one attached hydrogen (secondary N) is 2. The molecule has 1 amide bonds. The predicted molar refractivity (Wildman–Crippen MR) is 75.9 cm³/mol. The van der Waals surface area contributed by atoms with Crippen molar-refractivity contribution in [2.45, 2.75) is 44.2 Å². The molecule has 2 rings (SSSR count). The number of H-pyrrole nitrogens is 1. The fourth-order valence-electron chi connectivity index (χ4n) is 2.55. The lowest BCUT2D eigenvalue weighted by Gasteiger charge is -2.27. The van der Waals surface area contributed by atoms with E-state index >= 15 is 0 Å². The summed E-state index contributed by atoms with van der Waals surface area (Å²) in [4.78, 5) is 15.7. The van der Waals surface area contributed by atoms with E-state index in [0.717, 1.165) is 12.5 Å². The summed E-state index contributed by atoms with van der Waals surface area (Å²) in [6.07, 6.45) is 7.91. The summed E-state index contributed by atoms with van der Waals surface area (Å²) in [6.45, 7) is 3.10. The first kappa shape index (κ1) is 14.4. The molecular formula is C13H22N4OS. The minimum Gasteiger partial charge on any atom is -0.355 e. The topological polar surface area (TPSA) is 70.7 Å². The Morgan fingerprint density at radius 3 is 2.79 bits per heavy atom. The first-order valence-electron chi connectivity index (χ1n) is 7.02. The number of nitrogens with zero attached hydrogens (tertiary/aromatic N) is 2. The van der Waals surface area contributed by atoms with Crippen molar-refractivity contribution in [1.82, 2.24) is 20.5 Å². The van der Waals surface area contributed by atoms with Gasteiger partial charge in [-0.3, -0.25) is 9.89 Å². The third-order valence-corrected chi connectivity index (χ3v) is 4.74. The van der Waals surface area contributed by atoms with Crippen LogP contribution in [0.2, 0.25) is 0 Å². The first-order valence-corrected chi connectivity index (χ1v) is 8.01. The zero-order valence-corrected chi connectivity index (χ0v) is 12.2. The number of hydrogen-bond acceptors (Lipinski definition) is 4. The number of aromatic amines is 1. The van der Waals surface area contributed by atoms with Gasteiger partial charge in [-0.15, -0.1) is 0 Å². The van der Waals surface area contributed by atoms with E-state index in [-0.39, 0.29) is 5.91 Å². The van der Waals surface area contributed by atoms with Crippen molar-refractivity contribution in [2.75, 3.05) is 12.3 Å². The van der Waals surface area contributed by atoms with Crippen LogP contribution in [0.1, 0.15) is 39.0 Å². The van der Waals surface area contributed by atoms with E-state index in [2.05, 4.69) is 27.4 Å². The average Bonchev–Trinajstić information content (AvgIpc) is 2.96. The van der Waals surface area contributed by atoms with Crippen LogP contribution in [0.3, 0.4) is 0 Å². The number of carbonyl (C=O) groups excluding carboxylic acids is 1. The van der Waals surface area contributed by atoms with Crippen molar-refractivity contribution in [1.29, 1.82) is 0 Å². The number of aromatic nitrogens is 3. The normalized spacial score (nSPS) is 23.2. The molecule has 1 fully saturated rings. The molecule has 0 radical (unpaired) electrons. The SMILES string of the molecule is CCC1CCC(CNC(=O)CSc2ncn[nH]2)CC1. The van der Waals surface area contributed by atoms with Crippen molar-refractivity contribution < 1.29 is 4.79 Å². The number of rotatable bonds is 6. The van der Waals surface area contributed by atoms with E-state index in [9.17, 15) is 4.79 Å². The standard InChI is InChI=1S/C13H22N4OS/c1-2-10-3-5-11(6-4-10)7-14-12(18)8-19-13-15-9-16-17-13/h9-11H,2-8H2,1H3,(H,14,18)(H,15,16,17). The molecule has 0 spiro atoms. The smallest absolute Gasteiger partial charge is 0.230 e. The van der Waals surface area contributed by atoms with Gasteiger partial charge in [-0.05, 0) is 24.7 Å². The number of thioether (sulfide) groups is 1. The van der Waals surface area contributed by atoms with Crippen LogP contribution in [0.15, 0.2) is 11.5 Å². The summed E-state index contributed by atoms with van der Waals surface area (Å²) in [5, 5.41) is 10.2. The van der Waals surface area contributed by atoms with Gasteiger partial charge in [0, 0.05) is 6.54 Å². The Labute approximate surface area is 118 Å². The van der Waals surface area contributed by atoms with E-state index in [0.29, 0.717) is 16.8 Å². The van der Waals surface area contributed by atoms with E-state index in [1.165, 1.54) is 50.2 Å². The van der Waals surface area contributed by atoms with Crippen LogP contribution in [0.25, 0.3) is 0 Å². The fraction of sp³-hybridized carbons (Fsp3) is 0.769. The van der Waals surface area contributed by atoms with Gasteiger partial charge in [0.1, 0.15) is 6.33 Å². The minimum atomic E-state index is 0.0824. The van der Waals surface area contributed by atoms with Gasteiger partial charge in [-0.2, -0.15) is 5.10 Å². The van der Waals surface area contributed by atoms with E-state index in [1.54, 1.807) is 0 Å². The largest absolute Gasteiger partial charge is 0.355 e. The fourth-order valence-corrected chi connectivity index (χ4v) is 3.16. The minimum absolute atomic E-state index is 0.0824. The third-order valence-electron chi connectivity index (χ3n) is 3.86. The molecule has 106 valence electrons. The van der Waals surface area contributed by atoms with E-state index < -0.39 is 0 Å². The molecule has 0 aromatic carbocycles. The number of hydrogen-bond donors (Lipinski definition) is 2. The van der Waals surface area contributed by atoms with Crippen LogP contribution < -0.4 is 5.32 Å². The van der Waals surface area contributed by atoms with Crippen LogP contribution in [0.4, 0.5) is 0 Å². The Morgan fingerprint density at radius 1 is 1.42 bits per heavy atom. The second-order valence-corrected chi connectivity index (χ2v) is 6.14. The van der Waals surface area contributed by atoms with Crippen molar-refractivity contribution in [3.63, 3.8) is 0 Å². The second-order valence-electron chi connectivity index (χ2n) is 5.18. The maximum atomic E-state index is 11.7. The average molecular weight is 282 g/mol. The molecule has 1 aromatic rings. The second kappa shape index (κ2) is 7.53. The zero-order chi connectivity index (χ0) is 13.5. The van der Waals surface area contributed by atoms with Crippen molar-refractivity contribution in [3.8, 4) is 0 Å². The lowest BCUT2D eigenvalue weighted by molar-refractivity contribution is -0.118. The third kappa shape index (κ3) is 4.86. The van der Waals surface area contributed by atoms with Crippen LogP contribution in [-0.2, 0) is 4.79 Å². The number of amides is 1. The molecule has 1 heterocycles. The van der Waals surface area contributed by atoms with Crippen LogP contribution >= 0.6 is 11.8 Å². The first-order chi connectivity index (χ1) is 9.28. The highest BCUT2D eigenvalue weighted by Crippen LogP contribution is 2.30. The highest BCUT2D eigenvalue weighted by atomic mass is 32.2. The summed E-state index contributed by atoms with van der Waals surface area (Å²) < 4.78 is 0. The molecule has 5 nitrogen and oxygen atoms in total. The molecule has 0 bridgehead atoms. The van der Waals surface area contributed by atoms with Gasteiger partial charge < -0.3 is 5.32 Å². The molecule has 6 heteroatoms. The van der Waals surface area contributed by atoms with Gasteiger partial charge in [0.05, 0.1) is 5.75 Å². The molecule has 1 saturated carbocycles. The molecule has 1 aliphatic rings. The highest BCUT2D eigenvalue weighted by Gasteiger charge is 2.20. The van der Waals surface area contributed by atoms with Gasteiger partial charge in [0.25, 0.3) is 0 Å². The highest BCUT2D eigenvalue weighted by molar-refractivity contribution is 7.99. The van der Waals surface area contributed by atoms with Crippen molar-refractivity contribution >= 4 is 17.7 Å². The molecule has 0 saturated heterocycles. The van der Waals surface area contributed by atoms with Gasteiger partial charge in [-0.25, -0.2) is 4.98 Å². The molecule has 0 atom stereocenters. The van der Waals surface area contributed by atoms with Crippen molar-refractivity contribution in [2.24, 2.45) is 11.8 Å². The summed E-state index contributed by atoms with van der Waals surface area (Å²) in [7, 11) is 0. The predicted octanol–water partition coefficient (Wildman–Crippen LogP) is 2.23. The maximum absolute atomic E-state index is 11.7. The molecule has 0 unspecified atom stereocenters. The Kier molecular flexibility index (Phi) is 5.69. The van der Waals surface area contributed by atoms with Gasteiger partial charge in [0.2, 0.25) is 5.91 Å². The molecule has 0 aliphatic heterocycles. The Hall–Kier alpha value is -1.04. The van der Waals surface area contributed by atoms with Crippen LogP contribution in [0.5, 0.6) is 0 Å².